The number of benzene rings is 1. The van der Waals surface area contributed by atoms with E-state index >= 15 is 0 Å². The van der Waals surface area contributed by atoms with E-state index in [0.29, 0.717) is 30.6 Å². The molecule has 0 unspecified atom stereocenters. The number of rotatable bonds is 10. The molecule has 6 rings (SSSR count). The van der Waals surface area contributed by atoms with Crippen molar-refractivity contribution in [3.05, 3.63) is 69.1 Å². The molecule has 0 spiro atoms. The summed E-state index contributed by atoms with van der Waals surface area (Å²) >= 11 is 8.54. The van der Waals surface area contributed by atoms with E-state index in [-0.39, 0.29) is 39.4 Å². The number of ether oxygens (including phenoxy) is 1. The Morgan fingerprint density at radius 3 is 2.66 bits per heavy atom. The minimum atomic E-state index is -1.79. The Balaban J connectivity index is 1.25. The number of esters is 1. The average Bonchev–Trinajstić information content (AvgIpc) is 3.57. The van der Waals surface area contributed by atoms with Crippen LogP contribution in [0.5, 0.6) is 11.5 Å². The normalized spacial score (nSPS) is 18.5. The molecule has 0 radical (unpaired) electrons. The fourth-order valence-corrected chi connectivity index (χ4v) is 8.07. The lowest BCUT2D eigenvalue weighted by Gasteiger charge is -2.49. The molecule has 20 heteroatoms. The van der Waals surface area contributed by atoms with Crippen molar-refractivity contribution in [3.8, 4) is 11.5 Å². The second kappa shape index (κ2) is 14.6. The first-order chi connectivity index (χ1) is 25.1. The number of phenolic OH excluding ortho intramolecular Hbond substituents is 2. The average molecular weight is 787 g/mol. The van der Waals surface area contributed by atoms with Gasteiger partial charge in [0.15, 0.2) is 35.1 Å². The number of aromatic hydroxyl groups is 2. The molecule has 5 heterocycles. The van der Waals surface area contributed by atoms with Gasteiger partial charge >= 0.3 is 11.9 Å². The number of hydrogen-bond donors (Lipinski definition) is 5. The summed E-state index contributed by atoms with van der Waals surface area (Å²) in [6.07, 6.45) is 2.98. The molecule has 6 N–H and O–H groups in total. The zero-order chi connectivity index (χ0) is 38.4. The molecule has 0 aliphatic carbocycles. The number of carbonyl (C=O) groups excluding carboxylic acids is 4. The molecule has 3 aliphatic heterocycles. The monoisotopic (exact) mass is 786 g/mol. The highest BCUT2D eigenvalue weighted by molar-refractivity contribution is 8.00. The van der Waals surface area contributed by atoms with Gasteiger partial charge < -0.3 is 40.8 Å². The molecule has 3 amide bonds. The summed E-state index contributed by atoms with van der Waals surface area (Å²) in [7, 11) is 1.20. The molecule has 3 aliphatic rings. The molecule has 1 saturated heterocycles. The topological polar surface area (TPSA) is 238 Å². The van der Waals surface area contributed by atoms with Crippen LogP contribution in [0.4, 0.5) is 10.8 Å². The highest BCUT2D eigenvalue weighted by atomic mass is 35.5. The van der Waals surface area contributed by atoms with Gasteiger partial charge in [0.05, 0.1) is 17.7 Å². The number of methoxy groups -OCH3 is 1. The van der Waals surface area contributed by atoms with E-state index in [1.807, 2.05) is 4.57 Å². The second-order valence-corrected chi connectivity index (χ2v) is 14.9. The number of thioether (sulfide) groups is 1. The zero-order valence-electron chi connectivity index (χ0n) is 28.4. The predicted molar refractivity (Wildman–Crippen MR) is 191 cm³/mol. The number of nitrogen functional groups attached to an aromatic ring is 1. The number of oxime groups is 1. The number of phenols is 2. The lowest BCUT2D eigenvalue weighted by molar-refractivity contribution is -0.695. The van der Waals surface area contributed by atoms with Gasteiger partial charge in [0.25, 0.3) is 17.7 Å². The van der Waals surface area contributed by atoms with Gasteiger partial charge in [-0.2, -0.15) is 4.57 Å². The van der Waals surface area contributed by atoms with Crippen LogP contribution < -0.4 is 20.5 Å². The van der Waals surface area contributed by atoms with Crippen molar-refractivity contribution >= 4 is 80.9 Å². The summed E-state index contributed by atoms with van der Waals surface area (Å²) in [5, 5.41) is 36.3. The molecule has 2 aromatic heterocycles. The lowest BCUT2D eigenvalue weighted by atomic mass is 10.0. The van der Waals surface area contributed by atoms with Gasteiger partial charge in [-0.05, 0) is 38.5 Å². The van der Waals surface area contributed by atoms with Crippen LogP contribution in [0.1, 0.15) is 42.0 Å². The van der Waals surface area contributed by atoms with Gasteiger partial charge in [-0.3, -0.25) is 19.3 Å². The Kier molecular flexibility index (Phi) is 10.3. The number of carbonyl (C=O) groups is 5. The number of aliphatic carboxylic acids is 1. The summed E-state index contributed by atoms with van der Waals surface area (Å²) in [6, 6.07) is 4.95. The summed E-state index contributed by atoms with van der Waals surface area (Å²) in [5.41, 5.74) is 5.54. The quantitative estimate of drug-likeness (QED) is 0.0493. The Morgan fingerprint density at radius 2 is 1.98 bits per heavy atom. The van der Waals surface area contributed by atoms with Gasteiger partial charge in [0.1, 0.15) is 28.5 Å². The number of nitrogens with two attached hydrogens (primary N) is 1. The van der Waals surface area contributed by atoms with Gasteiger partial charge in [0, 0.05) is 35.7 Å². The van der Waals surface area contributed by atoms with E-state index in [0.717, 1.165) is 17.0 Å². The summed E-state index contributed by atoms with van der Waals surface area (Å²) in [5.74, 6) is -4.81. The third-order valence-electron chi connectivity index (χ3n) is 8.75. The Hall–Kier alpha value is -5.40. The van der Waals surface area contributed by atoms with E-state index in [2.05, 4.69) is 15.5 Å². The van der Waals surface area contributed by atoms with E-state index < -0.39 is 63.9 Å². The number of pyridine rings is 1. The standard InChI is InChI=1S/C33H32ClN7O10S2/c1-33(2,31(48)49)51-38-22(17-14-53-32(35)36-17)26(44)37-23-28(46)41-24(30(47)50-3)15(13-52-29(23)41)12-39-10-4-7-19-18(39)6-5-11-40(19)27(45)16-8-9-20(42)25(43)21(16)34/h4,7-10,14,23,29H,5-6,11-13H2,1-3H3,(H5-,35,36,37,38,42,43,44,45,48,49)/p+1/t23-,29-/m1/s1. The van der Waals surface area contributed by atoms with E-state index in [1.54, 1.807) is 18.3 Å². The minimum absolute atomic E-state index is 0.0105. The zero-order valence-corrected chi connectivity index (χ0v) is 30.8. The first-order valence-electron chi connectivity index (χ1n) is 15.9. The summed E-state index contributed by atoms with van der Waals surface area (Å²) in [4.78, 5) is 77.6. The Morgan fingerprint density at radius 1 is 1.23 bits per heavy atom. The number of carboxylic acids is 1. The predicted octanol–water partition coefficient (Wildman–Crippen LogP) is 1.78. The Bertz CT molecular complexity index is 2120. The number of nitrogens with zero attached hydrogens (tertiary/aromatic N) is 5. The van der Waals surface area contributed by atoms with Crippen molar-refractivity contribution in [2.24, 2.45) is 5.16 Å². The van der Waals surface area contributed by atoms with Crippen LogP contribution in [0.3, 0.4) is 0 Å². The first-order valence-corrected chi connectivity index (χ1v) is 18.3. The van der Waals surface area contributed by atoms with Gasteiger partial charge in [-0.15, -0.1) is 23.1 Å². The van der Waals surface area contributed by atoms with Crippen LogP contribution in [0.2, 0.25) is 5.02 Å². The molecule has 53 heavy (non-hydrogen) atoms. The van der Waals surface area contributed by atoms with Crippen molar-refractivity contribution in [1.82, 2.24) is 15.2 Å². The van der Waals surface area contributed by atoms with Gasteiger partial charge in [-0.25, -0.2) is 14.6 Å². The van der Waals surface area contributed by atoms with Crippen LogP contribution in [0.15, 0.2) is 52.3 Å². The lowest BCUT2D eigenvalue weighted by Crippen LogP contribution is -2.71. The SMILES string of the molecule is COC(=O)C1=C(C[n+]2cccc3c2CCCN3C(=O)c2ccc(O)c(O)c2Cl)CS[C@@H]2[C@H](NC(=O)/C(=N\OC(C)(C)C(=O)O)c3csc(N)n3)C(=O)N12. The number of amides is 3. The number of nitrogens with one attached hydrogen (secondary N) is 1. The van der Waals surface area contributed by atoms with Crippen LogP contribution in [0.25, 0.3) is 0 Å². The highest BCUT2D eigenvalue weighted by Crippen LogP contribution is 2.41. The van der Waals surface area contributed by atoms with Crippen LogP contribution in [0, 0.1) is 0 Å². The number of fused-ring (bicyclic) bond motifs is 2. The van der Waals surface area contributed by atoms with Crippen LogP contribution in [-0.4, -0.2) is 97.0 Å². The molecule has 1 aromatic carbocycles. The van der Waals surface area contributed by atoms with Crippen molar-refractivity contribution in [3.63, 3.8) is 0 Å². The third-order valence-corrected chi connectivity index (χ3v) is 11.1. The van der Waals surface area contributed by atoms with Crippen molar-refractivity contribution in [2.75, 3.05) is 30.0 Å². The van der Waals surface area contributed by atoms with Crippen LogP contribution in [-0.2, 0) is 41.7 Å². The summed E-state index contributed by atoms with van der Waals surface area (Å²) in [6.45, 7) is 3.01. The maximum absolute atomic E-state index is 13.7. The van der Waals surface area contributed by atoms with Crippen LogP contribution >= 0.6 is 34.7 Å². The van der Waals surface area contributed by atoms with E-state index in [9.17, 15) is 39.3 Å². The summed E-state index contributed by atoms with van der Waals surface area (Å²) < 4.78 is 6.98. The molecule has 2 atom stereocenters. The third kappa shape index (κ3) is 6.94. The molecular formula is C33H33ClN7O10S2+. The number of anilines is 2. The minimum Gasteiger partial charge on any atom is -0.504 e. The molecule has 3 aromatic rings. The van der Waals surface area contributed by atoms with Gasteiger partial charge in [0.2, 0.25) is 11.3 Å². The van der Waals surface area contributed by atoms with Gasteiger partial charge in [-0.1, -0.05) is 16.8 Å². The molecular weight excluding hydrogens is 754 g/mol. The first kappa shape index (κ1) is 37.4. The van der Waals surface area contributed by atoms with Crippen molar-refractivity contribution in [2.45, 2.75) is 50.3 Å². The fraction of sp³-hybridized carbons (Fsp3) is 0.333. The molecule has 0 saturated carbocycles. The number of carboxylic acid groups (broad SMARTS) is 1. The number of halogens is 1. The second-order valence-electron chi connectivity index (χ2n) is 12.5. The maximum atomic E-state index is 13.7. The molecule has 1 fully saturated rings. The highest BCUT2D eigenvalue weighted by Gasteiger charge is 2.55. The van der Waals surface area contributed by atoms with E-state index in [4.69, 9.17) is 26.9 Å². The molecule has 17 nitrogen and oxygen atoms in total. The number of β-lactam (4-membered cyclic amide) rings is 1. The number of hydrogen-bond acceptors (Lipinski definition) is 14. The number of aromatic nitrogens is 2. The Labute approximate surface area is 314 Å². The maximum Gasteiger partial charge on any atom is 0.355 e. The molecule has 278 valence electrons. The van der Waals surface area contributed by atoms with Crippen molar-refractivity contribution < 1.29 is 53.4 Å². The molecule has 0 bridgehead atoms. The van der Waals surface area contributed by atoms with E-state index in [1.165, 1.54) is 60.0 Å². The smallest absolute Gasteiger partial charge is 0.355 e. The largest absolute Gasteiger partial charge is 0.504 e. The fourth-order valence-electron chi connectivity index (χ4n) is 5.94. The van der Waals surface area contributed by atoms with Crippen molar-refractivity contribution in [1.29, 1.82) is 0 Å². The number of thiazole rings is 1.